The van der Waals surface area contributed by atoms with Crippen molar-refractivity contribution in [2.24, 2.45) is 0 Å². The molecule has 0 saturated carbocycles. The highest BCUT2D eigenvalue weighted by atomic mass is 16.6. The van der Waals surface area contributed by atoms with Crippen molar-refractivity contribution < 1.29 is 19.4 Å². The Morgan fingerprint density at radius 2 is 2.00 bits per heavy atom. The van der Waals surface area contributed by atoms with Crippen LogP contribution in [0.4, 0.5) is 10.5 Å². The summed E-state index contributed by atoms with van der Waals surface area (Å²) < 4.78 is 5.23. The summed E-state index contributed by atoms with van der Waals surface area (Å²) in [4.78, 5) is 28.4. The van der Waals surface area contributed by atoms with Crippen molar-refractivity contribution in [3.8, 4) is 0 Å². The second kappa shape index (κ2) is 5.99. The summed E-state index contributed by atoms with van der Waals surface area (Å²) in [5.74, 6) is -1.08. The molecule has 1 aromatic heterocycles. The molecule has 0 spiro atoms. The third kappa shape index (κ3) is 4.62. The number of nitrogen functional groups attached to an aromatic ring is 1. The number of aromatic nitrogens is 1. The first kappa shape index (κ1) is 16.7. The summed E-state index contributed by atoms with van der Waals surface area (Å²) in [6.07, 6.45) is -0.497. The molecule has 7 nitrogen and oxygen atoms in total. The third-order valence-electron chi connectivity index (χ3n) is 2.65. The lowest BCUT2D eigenvalue weighted by atomic mass is 10.1. The van der Waals surface area contributed by atoms with Gasteiger partial charge >= 0.3 is 12.1 Å². The predicted octanol–water partition coefficient (Wildman–Crippen LogP) is 2.04. The van der Waals surface area contributed by atoms with Crippen LogP contribution in [-0.2, 0) is 11.3 Å². The molecule has 21 heavy (non-hydrogen) atoms. The van der Waals surface area contributed by atoms with Crippen LogP contribution in [0.1, 0.15) is 42.5 Å². The Balaban J connectivity index is 2.91. The molecule has 0 radical (unpaired) electrons. The van der Waals surface area contributed by atoms with Crippen LogP contribution in [0.3, 0.4) is 0 Å². The van der Waals surface area contributed by atoms with Gasteiger partial charge in [0.05, 0.1) is 29.2 Å². The minimum Gasteiger partial charge on any atom is -0.478 e. The molecule has 0 atom stereocenters. The number of aryl methyl sites for hydroxylation is 1. The number of hydrogen-bond donors (Lipinski definition) is 2. The number of ether oxygens (including phenoxy) is 1. The normalized spacial score (nSPS) is 11.1. The van der Waals surface area contributed by atoms with Crippen LogP contribution in [0.2, 0.25) is 0 Å². The summed E-state index contributed by atoms with van der Waals surface area (Å²) in [5.41, 5.74) is 6.28. The summed E-state index contributed by atoms with van der Waals surface area (Å²) in [5, 5.41) is 9.00. The highest BCUT2D eigenvalue weighted by Crippen LogP contribution is 2.18. The summed E-state index contributed by atoms with van der Waals surface area (Å²) >= 11 is 0. The van der Waals surface area contributed by atoms with Crippen molar-refractivity contribution in [3.05, 3.63) is 23.0 Å². The zero-order chi connectivity index (χ0) is 16.4. The van der Waals surface area contributed by atoms with Crippen molar-refractivity contribution in [3.63, 3.8) is 0 Å². The standard InChI is InChI=1S/C14H21N3O4/c1-8-9(12(18)19)6-10(15)11(16-8)7-17(5)13(20)21-14(2,3)4/h6H,7,15H2,1-5H3,(H,18,19). The molecular formula is C14H21N3O4. The maximum absolute atomic E-state index is 11.9. The highest BCUT2D eigenvalue weighted by molar-refractivity contribution is 5.90. The van der Waals surface area contributed by atoms with Crippen LogP contribution in [0.25, 0.3) is 0 Å². The molecule has 0 aliphatic heterocycles. The van der Waals surface area contributed by atoms with Crippen LogP contribution in [0, 0.1) is 6.92 Å². The van der Waals surface area contributed by atoms with Crippen molar-refractivity contribution >= 4 is 17.7 Å². The van der Waals surface area contributed by atoms with Gasteiger partial charge in [0.1, 0.15) is 5.60 Å². The zero-order valence-electron chi connectivity index (χ0n) is 12.9. The van der Waals surface area contributed by atoms with Gasteiger partial charge in [-0.3, -0.25) is 4.98 Å². The lowest BCUT2D eigenvalue weighted by molar-refractivity contribution is 0.0283. The first-order valence-electron chi connectivity index (χ1n) is 6.44. The number of anilines is 1. The van der Waals surface area contributed by atoms with Gasteiger partial charge in [-0.25, -0.2) is 9.59 Å². The fourth-order valence-electron chi connectivity index (χ4n) is 1.64. The summed E-state index contributed by atoms with van der Waals surface area (Å²) in [6, 6.07) is 1.35. The molecule has 0 fully saturated rings. The first-order valence-corrected chi connectivity index (χ1v) is 6.44. The summed E-state index contributed by atoms with van der Waals surface area (Å²) in [6.45, 7) is 7.05. The van der Waals surface area contributed by atoms with E-state index in [1.54, 1.807) is 34.7 Å². The van der Waals surface area contributed by atoms with Crippen LogP contribution >= 0.6 is 0 Å². The van der Waals surface area contributed by atoms with Gasteiger partial charge in [0.25, 0.3) is 0 Å². The molecular weight excluding hydrogens is 274 g/mol. The van der Waals surface area contributed by atoms with Crippen molar-refractivity contribution in [2.45, 2.75) is 39.8 Å². The van der Waals surface area contributed by atoms with Gasteiger partial charge in [-0.05, 0) is 33.8 Å². The predicted molar refractivity (Wildman–Crippen MR) is 78.0 cm³/mol. The van der Waals surface area contributed by atoms with Crippen molar-refractivity contribution in [2.75, 3.05) is 12.8 Å². The minimum absolute atomic E-state index is 0.0520. The molecule has 1 heterocycles. The number of carbonyl (C=O) groups is 2. The Kier molecular flexibility index (Phi) is 4.77. The first-order chi connectivity index (χ1) is 9.51. The fourth-order valence-corrected chi connectivity index (χ4v) is 1.64. The van der Waals surface area contributed by atoms with Crippen LogP contribution in [0.5, 0.6) is 0 Å². The topological polar surface area (TPSA) is 106 Å². The Morgan fingerprint density at radius 3 is 2.48 bits per heavy atom. The van der Waals surface area contributed by atoms with E-state index in [0.29, 0.717) is 11.4 Å². The smallest absolute Gasteiger partial charge is 0.410 e. The maximum Gasteiger partial charge on any atom is 0.410 e. The van der Waals surface area contributed by atoms with Gasteiger partial charge in [0, 0.05) is 7.05 Å². The van der Waals surface area contributed by atoms with Gasteiger partial charge in [0.2, 0.25) is 0 Å². The van der Waals surface area contributed by atoms with Crippen LogP contribution < -0.4 is 5.73 Å². The van der Waals surface area contributed by atoms with Gasteiger partial charge in [-0.15, -0.1) is 0 Å². The number of carboxylic acids is 1. The Labute approximate surface area is 123 Å². The molecule has 0 saturated heterocycles. The molecule has 0 aromatic carbocycles. The molecule has 116 valence electrons. The van der Waals surface area contributed by atoms with E-state index in [1.165, 1.54) is 11.0 Å². The van der Waals surface area contributed by atoms with E-state index < -0.39 is 17.7 Å². The average Bonchev–Trinajstić information content (AvgIpc) is 2.30. The number of aromatic carboxylic acids is 1. The minimum atomic E-state index is -1.08. The highest BCUT2D eigenvalue weighted by Gasteiger charge is 2.21. The molecule has 1 aromatic rings. The lowest BCUT2D eigenvalue weighted by Crippen LogP contribution is -2.34. The van der Waals surface area contributed by atoms with Crippen molar-refractivity contribution in [1.29, 1.82) is 0 Å². The van der Waals surface area contributed by atoms with Gasteiger partial charge in [-0.2, -0.15) is 0 Å². The fraction of sp³-hybridized carbons (Fsp3) is 0.500. The maximum atomic E-state index is 11.9. The van der Waals surface area contributed by atoms with Crippen molar-refractivity contribution in [1.82, 2.24) is 9.88 Å². The molecule has 0 aliphatic carbocycles. The monoisotopic (exact) mass is 295 g/mol. The molecule has 0 aliphatic rings. The van der Waals surface area contributed by atoms with Crippen LogP contribution in [0.15, 0.2) is 6.07 Å². The van der Waals surface area contributed by atoms with Gasteiger partial charge in [0.15, 0.2) is 0 Å². The number of amides is 1. The molecule has 1 amide bonds. The number of carboxylic acid groups (broad SMARTS) is 1. The number of nitrogens with zero attached hydrogens (tertiary/aromatic N) is 2. The number of pyridine rings is 1. The van der Waals surface area contributed by atoms with E-state index in [1.807, 2.05) is 0 Å². The van der Waals surface area contributed by atoms with Gasteiger partial charge < -0.3 is 20.5 Å². The largest absolute Gasteiger partial charge is 0.478 e. The SMILES string of the molecule is Cc1nc(CN(C)C(=O)OC(C)(C)C)c(N)cc1C(=O)O. The van der Waals surface area contributed by atoms with E-state index in [-0.39, 0.29) is 17.8 Å². The quantitative estimate of drug-likeness (QED) is 0.883. The number of hydrogen-bond acceptors (Lipinski definition) is 5. The molecule has 0 bridgehead atoms. The molecule has 1 rings (SSSR count). The summed E-state index contributed by atoms with van der Waals surface area (Å²) in [7, 11) is 1.57. The second-order valence-corrected chi connectivity index (χ2v) is 5.80. The Morgan fingerprint density at radius 1 is 1.43 bits per heavy atom. The van der Waals surface area contributed by atoms with Gasteiger partial charge in [-0.1, -0.05) is 0 Å². The van der Waals surface area contributed by atoms with E-state index in [4.69, 9.17) is 15.6 Å². The number of nitrogens with two attached hydrogens (primary N) is 1. The second-order valence-electron chi connectivity index (χ2n) is 5.80. The van der Waals surface area contributed by atoms with E-state index >= 15 is 0 Å². The average molecular weight is 295 g/mol. The van der Waals surface area contributed by atoms with E-state index in [0.717, 1.165) is 0 Å². The lowest BCUT2D eigenvalue weighted by Gasteiger charge is -2.24. The number of rotatable bonds is 3. The van der Waals surface area contributed by atoms with E-state index in [2.05, 4.69) is 4.98 Å². The third-order valence-corrected chi connectivity index (χ3v) is 2.65. The Bertz CT molecular complexity index is 564. The zero-order valence-corrected chi connectivity index (χ0v) is 12.9. The molecule has 3 N–H and O–H groups in total. The number of carbonyl (C=O) groups excluding carboxylic acids is 1. The van der Waals surface area contributed by atoms with E-state index in [9.17, 15) is 9.59 Å². The van der Waals surface area contributed by atoms with Crippen LogP contribution in [-0.4, -0.2) is 39.7 Å². The molecule has 7 heteroatoms. The molecule has 0 unspecified atom stereocenters. The Hall–Kier alpha value is -2.31.